The Bertz CT molecular complexity index is 995. The summed E-state index contributed by atoms with van der Waals surface area (Å²) in [4.78, 5) is 28.1. The number of anilines is 1. The second-order valence-electron chi connectivity index (χ2n) is 7.61. The average molecular weight is 448 g/mol. The molecule has 3 rings (SSSR count). The molecule has 2 aromatic carbocycles. The summed E-state index contributed by atoms with van der Waals surface area (Å²) in [5.41, 5.74) is 1.71. The van der Waals surface area contributed by atoms with Crippen LogP contribution in [0.15, 0.2) is 42.5 Å². The van der Waals surface area contributed by atoms with E-state index in [4.69, 9.17) is 11.6 Å². The normalized spacial score (nSPS) is 17.2. The average Bonchev–Trinajstić information content (AvgIpc) is 2.71. The van der Waals surface area contributed by atoms with Gasteiger partial charge in [-0.1, -0.05) is 23.7 Å². The first-order valence-electron chi connectivity index (χ1n) is 9.95. The predicted octanol–water partition coefficient (Wildman–Crippen LogP) is 4.32. The molecule has 2 amide bonds. The van der Waals surface area contributed by atoms with E-state index in [1.54, 1.807) is 17.0 Å². The second-order valence-corrected chi connectivity index (χ2v) is 8.02. The number of hydrogen-bond donors (Lipinski definition) is 1. The molecule has 31 heavy (non-hydrogen) atoms. The zero-order chi connectivity index (χ0) is 22.5. The molecular formula is C23H24ClF2N3O2. The third-order valence-electron chi connectivity index (χ3n) is 5.12. The lowest BCUT2D eigenvalue weighted by Crippen LogP contribution is -2.53. The van der Waals surface area contributed by atoms with Crippen molar-refractivity contribution >= 4 is 35.2 Å². The molecule has 0 aliphatic carbocycles. The Labute approximate surface area is 185 Å². The molecule has 1 atom stereocenters. The van der Waals surface area contributed by atoms with Crippen molar-refractivity contribution in [1.29, 1.82) is 0 Å². The summed E-state index contributed by atoms with van der Waals surface area (Å²) in [6.07, 6.45) is 2.85. The molecule has 0 aromatic heterocycles. The standard InChI is InChI=1S/C23H24ClF2N3O2/c1-15-13-28(14-17-3-6-19(25)7-4-17)9-10-29(15)23(31)8-5-18-11-21(26)20(24)12-22(18)27-16(2)30/h3-8,11-12,15H,9-10,13-14H2,1-2H3,(H,27,30). The van der Waals surface area contributed by atoms with Crippen LogP contribution in [0.5, 0.6) is 0 Å². The lowest BCUT2D eigenvalue weighted by atomic mass is 10.1. The van der Waals surface area contributed by atoms with E-state index in [-0.39, 0.29) is 28.7 Å². The van der Waals surface area contributed by atoms with Crippen LogP contribution >= 0.6 is 11.6 Å². The van der Waals surface area contributed by atoms with Crippen LogP contribution in [0, 0.1) is 11.6 Å². The predicted molar refractivity (Wildman–Crippen MR) is 118 cm³/mol. The lowest BCUT2D eigenvalue weighted by molar-refractivity contribution is -0.130. The maximum Gasteiger partial charge on any atom is 0.246 e. The summed E-state index contributed by atoms with van der Waals surface area (Å²) >= 11 is 5.80. The molecule has 0 bridgehead atoms. The van der Waals surface area contributed by atoms with Crippen molar-refractivity contribution in [3.8, 4) is 0 Å². The van der Waals surface area contributed by atoms with Gasteiger partial charge in [0.25, 0.3) is 0 Å². The number of benzene rings is 2. The van der Waals surface area contributed by atoms with Gasteiger partial charge < -0.3 is 10.2 Å². The van der Waals surface area contributed by atoms with Gasteiger partial charge in [0.05, 0.1) is 5.02 Å². The van der Waals surface area contributed by atoms with Crippen molar-refractivity contribution in [1.82, 2.24) is 9.80 Å². The Balaban J connectivity index is 1.65. The number of amides is 2. The molecule has 0 saturated carbocycles. The summed E-state index contributed by atoms with van der Waals surface area (Å²) in [7, 11) is 0. The van der Waals surface area contributed by atoms with Crippen LogP contribution in [-0.4, -0.2) is 47.3 Å². The van der Waals surface area contributed by atoms with Gasteiger partial charge in [-0.25, -0.2) is 8.78 Å². The molecule has 1 aliphatic heterocycles. The second kappa shape index (κ2) is 10.0. The maximum atomic E-state index is 13.9. The van der Waals surface area contributed by atoms with Crippen LogP contribution < -0.4 is 5.32 Å². The number of nitrogens with zero attached hydrogens (tertiary/aromatic N) is 2. The fraction of sp³-hybridized carbons (Fsp3) is 0.304. The monoisotopic (exact) mass is 447 g/mol. The highest BCUT2D eigenvalue weighted by molar-refractivity contribution is 6.31. The highest BCUT2D eigenvalue weighted by Crippen LogP contribution is 2.26. The first kappa shape index (κ1) is 22.9. The van der Waals surface area contributed by atoms with Crippen molar-refractivity contribution in [2.45, 2.75) is 26.4 Å². The zero-order valence-corrected chi connectivity index (χ0v) is 18.1. The van der Waals surface area contributed by atoms with Gasteiger partial charge in [0.1, 0.15) is 11.6 Å². The van der Waals surface area contributed by atoms with Crippen molar-refractivity contribution in [3.63, 3.8) is 0 Å². The van der Waals surface area contributed by atoms with Crippen LogP contribution in [0.2, 0.25) is 5.02 Å². The van der Waals surface area contributed by atoms with E-state index in [1.165, 1.54) is 43.3 Å². The number of hydrogen-bond acceptors (Lipinski definition) is 3. The topological polar surface area (TPSA) is 52.7 Å². The SMILES string of the molecule is CC(=O)Nc1cc(Cl)c(F)cc1C=CC(=O)N1CCN(Cc2ccc(F)cc2)CC1C. The molecule has 1 unspecified atom stereocenters. The van der Waals surface area contributed by atoms with Gasteiger partial charge in [-0.05, 0) is 42.8 Å². The minimum absolute atomic E-state index is 0.0249. The summed E-state index contributed by atoms with van der Waals surface area (Å²) < 4.78 is 27.0. The Kier molecular flexibility index (Phi) is 7.41. The van der Waals surface area contributed by atoms with Gasteiger partial charge in [0, 0.05) is 56.5 Å². The van der Waals surface area contributed by atoms with Crippen LogP contribution in [0.25, 0.3) is 6.08 Å². The van der Waals surface area contributed by atoms with Gasteiger partial charge in [-0.2, -0.15) is 0 Å². The zero-order valence-electron chi connectivity index (χ0n) is 17.4. The van der Waals surface area contributed by atoms with Crippen molar-refractivity contribution < 1.29 is 18.4 Å². The Morgan fingerprint density at radius 3 is 2.55 bits per heavy atom. The fourth-order valence-corrected chi connectivity index (χ4v) is 3.77. The molecule has 1 N–H and O–H groups in total. The van der Waals surface area contributed by atoms with Gasteiger partial charge in [0.2, 0.25) is 11.8 Å². The third-order valence-corrected chi connectivity index (χ3v) is 5.41. The molecule has 5 nitrogen and oxygen atoms in total. The van der Waals surface area contributed by atoms with Gasteiger partial charge in [0.15, 0.2) is 0 Å². The first-order chi connectivity index (χ1) is 14.7. The molecule has 2 aromatic rings. The number of piperazine rings is 1. The summed E-state index contributed by atoms with van der Waals surface area (Å²) in [6.45, 7) is 5.90. The number of carbonyl (C=O) groups is 2. The number of carbonyl (C=O) groups excluding carboxylic acids is 2. The van der Waals surface area contributed by atoms with E-state index in [1.807, 2.05) is 6.92 Å². The Morgan fingerprint density at radius 1 is 1.19 bits per heavy atom. The quantitative estimate of drug-likeness (QED) is 0.694. The smallest absolute Gasteiger partial charge is 0.246 e. The summed E-state index contributed by atoms with van der Waals surface area (Å²) in [5.74, 6) is -1.42. The fourth-order valence-electron chi connectivity index (χ4n) is 3.61. The maximum absolute atomic E-state index is 13.9. The Morgan fingerprint density at radius 2 is 1.90 bits per heavy atom. The highest BCUT2D eigenvalue weighted by Gasteiger charge is 2.26. The first-order valence-corrected chi connectivity index (χ1v) is 10.3. The minimum Gasteiger partial charge on any atom is -0.334 e. The molecule has 0 radical (unpaired) electrons. The summed E-state index contributed by atoms with van der Waals surface area (Å²) in [6, 6.07) is 8.89. The van der Waals surface area contributed by atoms with E-state index < -0.39 is 5.82 Å². The number of rotatable bonds is 5. The lowest BCUT2D eigenvalue weighted by Gasteiger charge is -2.39. The van der Waals surface area contributed by atoms with Crippen LogP contribution in [0.4, 0.5) is 14.5 Å². The molecular weight excluding hydrogens is 424 g/mol. The third kappa shape index (κ3) is 6.12. The molecule has 164 valence electrons. The minimum atomic E-state index is -0.634. The van der Waals surface area contributed by atoms with Gasteiger partial charge in [-0.15, -0.1) is 0 Å². The summed E-state index contributed by atoms with van der Waals surface area (Å²) in [5, 5.41) is 2.48. The van der Waals surface area contributed by atoms with Crippen molar-refractivity contribution in [2.24, 2.45) is 0 Å². The van der Waals surface area contributed by atoms with Gasteiger partial charge >= 0.3 is 0 Å². The van der Waals surface area contributed by atoms with Crippen molar-refractivity contribution in [3.05, 3.63) is 70.3 Å². The molecule has 1 saturated heterocycles. The molecule has 1 fully saturated rings. The van der Waals surface area contributed by atoms with Gasteiger partial charge in [-0.3, -0.25) is 14.5 Å². The van der Waals surface area contributed by atoms with E-state index in [0.717, 1.165) is 5.56 Å². The van der Waals surface area contributed by atoms with E-state index in [0.29, 0.717) is 37.4 Å². The van der Waals surface area contributed by atoms with Crippen LogP contribution in [0.1, 0.15) is 25.0 Å². The number of halogens is 3. The molecule has 0 spiro atoms. The van der Waals surface area contributed by atoms with E-state index in [2.05, 4.69) is 10.2 Å². The molecule has 1 heterocycles. The van der Waals surface area contributed by atoms with Crippen molar-refractivity contribution in [2.75, 3.05) is 25.0 Å². The Hall–Kier alpha value is -2.77. The number of nitrogens with one attached hydrogen (secondary N) is 1. The van der Waals surface area contributed by atoms with E-state index in [9.17, 15) is 18.4 Å². The largest absolute Gasteiger partial charge is 0.334 e. The van der Waals surface area contributed by atoms with E-state index >= 15 is 0 Å². The van der Waals surface area contributed by atoms with Crippen LogP contribution in [0.3, 0.4) is 0 Å². The van der Waals surface area contributed by atoms with Crippen LogP contribution in [-0.2, 0) is 16.1 Å². The highest BCUT2D eigenvalue weighted by atomic mass is 35.5. The molecule has 8 heteroatoms. The molecule has 1 aliphatic rings.